The third-order valence-electron chi connectivity index (χ3n) is 4.82. The van der Waals surface area contributed by atoms with Gasteiger partial charge in [-0.25, -0.2) is 0 Å². The van der Waals surface area contributed by atoms with E-state index in [0.29, 0.717) is 36.9 Å². The van der Waals surface area contributed by atoms with Gasteiger partial charge in [0.25, 0.3) is 5.91 Å². The van der Waals surface area contributed by atoms with Crippen molar-refractivity contribution in [2.45, 2.75) is 38.6 Å². The highest BCUT2D eigenvalue weighted by Gasteiger charge is 2.34. The molecule has 2 atom stereocenters. The number of hydrogen-bond donors (Lipinski definition) is 1. The van der Waals surface area contributed by atoms with Crippen LogP contribution in [0.4, 0.5) is 0 Å². The highest BCUT2D eigenvalue weighted by atomic mass is 16.5. The number of benzene rings is 1. The molecular formula is C19H26N2O3. The minimum absolute atomic E-state index is 0.0383. The smallest absolute Gasteiger partial charge is 0.254 e. The first-order valence-electron chi connectivity index (χ1n) is 8.82. The molecule has 2 unspecified atom stereocenters. The van der Waals surface area contributed by atoms with Crippen molar-refractivity contribution in [1.29, 1.82) is 0 Å². The maximum Gasteiger partial charge on any atom is 0.254 e. The third kappa shape index (κ3) is 3.61. The Morgan fingerprint density at radius 3 is 2.96 bits per heavy atom. The van der Waals surface area contributed by atoms with Crippen molar-refractivity contribution in [2.75, 3.05) is 26.3 Å². The molecule has 0 saturated carbocycles. The number of nitrogens with zero attached hydrogens (tertiary/aromatic N) is 1. The van der Waals surface area contributed by atoms with Crippen LogP contribution in [0.2, 0.25) is 0 Å². The fourth-order valence-electron chi connectivity index (χ4n) is 3.53. The van der Waals surface area contributed by atoms with Crippen molar-refractivity contribution < 1.29 is 14.3 Å². The predicted molar refractivity (Wildman–Crippen MR) is 91.9 cm³/mol. The largest absolute Gasteiger partial charge is 0.381 e. The van der Waals surface area contributed by atoms with E-state index < -0.39 is 0 Å². The van der Waals surface area contributed by atoms with Crippen LogP contribution in [0.15, 0.2) is 24.3 Å². The first-order chi connectivity index (χ1) is 11.6. The Labute approximate surface area is 143 Å². The Kier molecular flexibility index (Phi) is 5.19. The predicted octanol–water partition coefficient (Wildman–Crippen LogP) is 2.18. The van der Waals surface area contributed by atoms with Crippen LogP contribution < -0.4 is 5.32 Å². The number of rotatable bonds is 4. The standard InChI is InChI=1S/C19H26N2O3/c1-13(2)10-17-18(22)20-7-8-21(17)19(23)15-5-3-4-14(11-15)16-6-9-24-12-16/h3-5,11,13,16-17H,6-10,12H2,1-2H3,(H,20,22). The minimum atomic E-state index is -0.371. The summed E-state index contributed by atoms with van der Waals surface area (Å²) >= 11 is 0. The van der Waals surface area contributed by atoms with E-state index >= 15 is 0 Å². The van der Waals surface area contributed by atoms with Gasteiger partial charge in [0, 0.05) is 31.2 Å². The zero-order valence-corrected chi connectivity index (χ0v) is 14.5. The summed E-state index contributed by atoms with van der Waals surface area (Å²) in [6.45, 7) is 6.75. The zero-order valence-electron chi connectivity index (χ0n) is 14.5. The Morgan fingerprint density at radius 2 is 2.25 bits per heavy atom. The molecule has 2 saturated heterocycles. The molecule has 0 spiro atoms. The van der Waals surface area contributed by atoms with E-state index in [0.717, 1.165) is 25.2 Å². The molecule has 1 N–H and O–H groups in total. The zero-order chi connectivity index (χ0) is 17.1. The molecule has 1 aromatic carbocycles. The van der Waals surface area contributed by atoms with Crippen molar-refractivity contribution in [1.82, 2.24) is 10.2 Å². The number of nitrogens with one attached hydrogen (secondary N) is 1. The van der Waals surface area contributed by atoms with Crippen LogP contribution >= 0.6 is 0 Å². The van der Waals surface area contributed by atoms with Crippen molar-refractivity contribution in [3.63, 3.8) is 0 Å². The maximum atomic E-state index is 13.0. The summed E-state index contributed by atoms with van der Waals surface area (Å²) in [6, 6.07) is 7.44. The van der Waals surface area contributed by atoms with E-state index in [2.05, 4.69) is 25.2 Å². The molecular weight excluding hydrogens is 304 g/mol. The molecule has 0 aliphatic carbocycles. The fourth-order valence-corrected chi connectivity index (χ4v) is 3.53. The first kappa shape index (κ1) is 17.0. The molecule has 5 nitrogen and oxygen atoms in total. The average molecular weight is 330 g/mol. The molecule has 1 aromatic rings. The second kappa shape index (κ2) is 7.34. The second-order valence-electron chi connectivity index (χ2n) is 7.12. The second-order valence-corrected chi connectivity index (χ2v) is 7.12. The van der Waals surface area contributed by atoms with Gasteiger partial charge in [-0.15, -0.1) is 0 Å². The lowest BCUT2D eigenvalue weighted by Crippen LogP contribution is -2.57. The lowest BCUT2D eigenvalue weighted by Gasteiger charge is -2.36. The van der Waals surface area contributed by atoms with Crippen molar-refractivity contribution in [3.05, 3.63) is 35.4 Å². The highest BCUT2D eigenvalue weighted by molar-refractivity contribution is 5.98. The third-order valence-corrected chi connectivity index (χ3v) is 4.82. The summed E-state index contributed by atoms with van der Waals surface area (Å²) in [6.07, 6.45) is 1.69. The monoisotopic (exact) mass is 330 g/mol. The van der Waals surface area contributed by atoms with Gasteiger partial charge < -0.3 is 15.0 Å². The van der Waals surface area contributed by atoms with Crippen molar-refractivity contribution in [3.8, 4) is 0 Å². The van der Waals surface area contributed by atoms with Gasteiger partial charge in [-0.05, 0) is 36.5 Å². The summed E-state index contributed by atoms with van der Waals surface area (Å²) in [4.78, 5) is 27.0. The summed E-state index contributed by atoms with van der Waals surface area (Å²) in [5.41, 5.74) is 1.82. The van der Waals surface area contributed by atoms with E-state index in [4.69, 9.17) is 4.74 Å². The minimum Gasteiger partial charge on any atom is -0.381 e. The SMILES string of the molecule is CC(C)CC1C(=O)NCCN1C(=O)c1cccc(C2CCOC2)c1. The quantitative estimate of drug-likeness (QED) is 0.920. The van der Waals surface area contributed by atoms with Gasteiger partial charge in [-0.3, -0.25) is 9.59 Å². The number of carbonyl (C=O) groups is 2. The molecule has 2 aliphatic rings. The van der Waals surface area contributed by atoms with Crippen molar-refractivity contribution in [2.24, 2.45) is 5.92 Å². The molecule has 2 fully saturated rings. The Bertz CT molecular complexity index is 608. The van der Waals surface area contributed by atoms with E-state index in [-0.39, 0.29) is 17.9 Å². The summed E-state index contributed by atoms with van der Waals surface area (Å²) < 4.78 is 5.45. The summed E-state index contributed by atoms with van der Waals surface area (Å²) in [7, 11) is 0. The van der Waals surface area contributed by atoms with Crippen LogP contribution in [-0.2, 0) is 9.53 Å². The highest BCUT2D eigenvalue weighted by Crippen LogP contribution is 2.26. The van der Waals surface area contributed by atoms with Gasteiger partial charge in [-0.1, -0.05) is 26.0 Å². The van der Waals surface area contributed by atoms with Gasteiger partial charge in [-0.2, -0.15) is 0 Å². The van der Waals surface area contributed by atoms with Crippen LogP contribution in [-0.4, -0.2) is 49.1 Å². The fraction of sp³-hybridized carbons (Fsp3) is 0.579. The van der Waals surface area contributed by atoms with Gasteiger partial charge in [0.1, 0.15) is 6.04 Å². The summed E-state index contributed by atoms with van der Waals surface area (Å²) in [5, 5.41) is 2.88. The van der Waals surface area contributed by atoms with Gasteiger partial charge in [0.2, 0.25) is 5.91 Å². The normalized spacial score (nSPS) is 24.3. The first-order valence-corrected chi connectivity index (χ1v) is 8.82. The number of piperazine rings is 1. The van der Waals surface area contributed by atoms with E-state index in [1.54, 1.807) is 4.90 Å². The number of amides is 2. The van der Waals surface area contributed by atoms with Crippen LogP contribution in [0.25, 0.3) is 0 Å². The Balaban J connectivity index is 1.81. The number of ether oxygens (including phenoxy) is 1. The molecule has 3 rings (SSSR count). The molecule has 0 radical (unpaired) electrons. The molecule has 5 heteroatoms. The van der Waals surface area contributed by atoms with Crippen LogP contribution in [0.5, 0.6) is 0 Å². The van der Waals surface area contributed by atoms with E-state index in [1.807, 2.05) is 18.2 Å². The lowest BCUT2D eigenvalue weighted by molar-refractivity contribution is -0.128. The number of hydrogen-bond acceptors (Lipinski definition) is 3. The van der Waals surface area contributed by atoms with E-state index in [9.17, 15) is 9.59 Å². The molecule has 130 valence electrons. The van der Waals surface area contributed by atoms with Gasteiger partial charge in [0.05, 0.1) is 6.61 Å². The van der Waals surface area contributed by atoms with Gasteiger partial charge in [0.15, 0.2) is 0 Å². The van der Waals surface area contributed by atoms with Crippen molar-refractivity contribution >= 4 is 11.8 Å². The summed E-state index contributed by atoms with van der Waals surface area (Å²) in [5.74, 6) is 0.643. The van der Waals surface area contributed by atoms with E-state index in [1.165, 1.54) is 0 Å². The van der Waals surface area contributed by atoms with Crippen LogP contribution in [0.1, 0.15) is 48.5 Å². The van der Waals surface area contributed by atoms with Gasteiger partial charge >= 0.3 is 0 Å². The molecule has 2 heterocycles. The molecule has 2 aliphatic heterocycles. The lowest BCUT2D eigenvalue weighted by atomic mass is 9.95. The molecule has 0 bridgehead atoms. The molecule has 2 amide bonds. The average Bonchev–Trinajstić information content (AvgIpc) is 3.10. The Morgan fingerprint density at radius 1 is 1.42 bits per heavy atom. The Hall–Kier alpha value is -1.88. The topological polar surface area (TPSA) is 58.6 Å². The van der Waals surface area contributed by atoms with Crippen LogP contribution in [0.3, 0.4) is 0 Å². The van der Waals surface area contributed by atoms with Crippen LogP contribution in [0, 0.1) is 5.92 Å². The number of carbonyl (C=O) groups excluding carboxylic acids is 2. The molecule has 24 heavy (non-hydrogen) atoms. The molecule has 0 aromatic heterocycles. The maximum absolute atomic E-state index is 13.0.